The summed E-state index contributed by atoms with van der Waals surface area (Å²) >= 11 is 0. The number of amides is 2. The summed E-state index contributed by atoms with van der Waals surface area (Å²) in [5.74, 6) is -1.23. The minimum absolute atomic E-state index is 0.0430. The number of hydrogen-bond acceptors (Lipinski definition) is 6. The van der Waals surface area contributed by atoms with Crippen molar-refractivity contribution in [3.63, 3.8) is 0 Å². The van der Waals surface area contributed by atoms with Crippen LogP contribution in [0.25, 0.3) is 0 Å². The highest BCUT2D eigenvalue weighted by molar-refractivity contribution is 6.08. The van der Waals surface area contributed by atoms with Gasteiger partial charge in [-0.05, 0) is 31.2 Å². The lowest BCUT2D eigenvalue weighted by Crippen LogP contribution is -2.49. The van der Waals surface area contributed by atoms with Gasteiger partial charge in [0.15, 0.2) is 11.6 Å². The summed E-state index contributed by atoms with van der Waals surface area (Å²) in [7, 11) is 0. The molecule has 1 aromatic heterocycles. The number of nitrogens with zero attached hydrogens (tertiary/aromatic N) is 4. The number of halogens is 4. The van der Waals surface area contributed by atoms with Gasteiger partial charge in [-0.2, -0.15) is 13.2 Å². The normalized spacial score (nSPS) is 15.4. The second-order valence-electron chi connectivity index (χ2n) is 8.35. The third-order valence-electron chi connectivity index (χ3n) is 6.15. The largest absolute Gasteiger partial charge is 0.435 e. The minimum Gasteiger partial charge on any atom is -0.435 e. The van der Waals surface area contributed by atoms with Crippen LogP contribution in [0.1, 0.15) is 31.8 Å². The monoisotopic (exact) mass is 501 g/mol. The molecule has 3 aromatic rings. The Labute approximate surface area is 202 Å². The van der Waals surface area contributed by atoms with Crippen LogP contribution in [-0.2, 0) is 6.18 Å². The first-order valence-corrected chi connectivity index (χ1v) is 11.0. The van der Waals surface area contributed by atoms with E-state index in [2.05, 4.69) is 15.5 Å². The van der Waals surface area contributed by atoms with Gasteiger partial charge in [-0.15, -0.1) is 10.2 Å². The molecule has 0 radical (unpaired) electrons. The summed E-state index contributed by atoms with van der Waals surface area (Å²) in [6.07, 6.45) is -4.64. The zero-order chi connectivity index (χ0) is 25.6. The standard InChI is InChI=1S/C24H19F4N5O3/c1-13-17(25)6-7-18-20(13)29-21(34)15-12-19(30-31-22(15)36-18)32-8-10-33(11-9-32)23(35)14-4-2-3-5-16(14)24(26,27)28/h2-7,12H,8-11H2,1H3,(H,29,34). The van der Waals surface area contributed by atoms with Crippen LogP contribution in [0.4, 0.5) is 29.1 Å². The zero-order valence-electron chi connectivity index (χ0n) is 18.9. The Balaban J connectivity index is 1.33. The smallest absolute Gasteiger partial charge is 0.417 e. The van der Waals surface area contributed by atoms with Crippen LogP contribution in [0, 0.1) is 12.7 Å². The molecule has 1 N–H and O–H groups in total. The van der Waals surface area contributed by atoms with Gasteiger partial charge < -0.3 is 19.9 Å². The number of benzene rings is 2. The Kier molecular flexibility index (Phi) is 5.73. The minimum atomic E-state index is -4.64. The second-order valence-corrected chi connectivity index (χ2v) is 8.35. The number of anilines is 2. The van der Waals surface area contributed by atoms with Crippen LogP contribution in [0.15, 0.2) is 42.5 Å². The summed E-state index contributed by atoms with van der Waals surface area (Å²) in [5, 5.41) is 10.8. The molecule has 0 unspecified atom stereocenters. The number of hydrogen-bond donors (Lipinski definition) is 1. The van der Waals surface area contributed by atoms with Gasteiger partial charge in [-0.1, -0.05) is 12.1 Å². The molecule has 3 heterocycles. The molecular formula is C24H19F4N5O3. The fourth-order valence-corrected chi connectivity index (χ4v) is 4.18. The summed E-state index contributed by atoms with van der Waals surface area (Å²) in [6, 6.07) is 8.77. The summed E-state index contributed by atoms with van der Waals surface area (Å²) in [4.78, 5) is 28.8. The Hall–Kier alpha value is -4.22. The van der Waals surface area contributed by atoms with E-state index in [-0.39, 0.29) is 54.6 Å². The summed E-state index contributed by atoms with van der Waals surface area (Å²) in [5.41, 5.74) is -0.867. The van der Waals surface area contributed by atoms with Gasteiger partial charge in [-0.25, -0.2) is 4.39 Å². The molecule has 186 valence electrons. The van der Waals surface area contributed by atoms with Gasteiger partial charge in [0.25, 0.3) is 17.7 Å². The highest BCUT2D eigenvalue weighted by Crippen LogP contribution is 2.38. The van der Waals surface area contributed by atoms with Crippen LogP contribution in [-0.4, -0.2) is 53.1 Å². The number of carbonyl (C=O) groups is 2. The first-order valence-electron chi connectivity index (χ1n) is 11.0. The molecule has 0 saturated carbocycles. The molecule has 1 saturated heterocycles. The van der Waals surface area contributed by atoms with E-state index in [1.807, 2.05) is 0 Å². The van der Waals surface area contributed by atoms with Crippen molar-refractivity contribution in [3.8, 4) is 11.6 Å². The number of alkyl halides is 3. The maximum Gasteiger partial charge on any atom is 0.417 e. The van der Waals surface area contributed by atoms with Crippen molar-refractivity contribution >= 4 is 23.3 Å². The van der Waals surface area contributed by atoms with Crippen molar-refractivity contribution in [2.24, 2.45) is 0 Å². The molecule has 0 aliphatic carbocycles. The first kappa shape index (κ1) is 23.5. The van der Waals surface area contributed by atoms with E-state index in [0.717, 1.165) is 6.07 Å². The molecule has 12 heteroatoms. The maximum absolute atomic E-state index is 14.0. The van der Waals surface area contributed by atoms with Crippen LogP contribution in [0.5, 0.6) is 11.6 Å². The number of rotatable bonds is 2. The van der Waals surface area contributed by atoms with E-state index < -0.39 is 34.9 Å². The van der Waals surface area contributed by atoms with Gasteiger partial charge in [-0.3, -0.25) is 9.59 Å². The molecule has 2 amide bonds. The van der Waals surface area contributed by atoms with E-state index in [1.54, 1.807) is 4.90 Å². The average molecular weight is 501 g/mol. The second kappa shape index (κ2) is 8.77. The first-order chi connectivity index (χ1) is 17.1. The fourth-order valence-electron chi connectivity index (χ4n) is 4.18. The van der Waals surface area contributed by atoms with Crippen LogP contribution >= 0.6 is 0 Å². The molecule has 5 rings (SSSR count). The van der Waals surface area contributed by atoms with Crippen LogP contribution < -0.4 is 15.0 Å². The van der Waals surface area contributed by atoms with E-state index in [9.17, 15) is 27.2 Å². The Morgan fingerprint density at radius 3 is 2.50 bits per heavy atom. The van der Waals surface area contributed by atoms with Crippen molar-refractivity contribution in [1.29, 1.82) is 0 Å². The molecule has 2 aliphatic rings. The lowest BCUT2D eigenvalue weighted by Gasteiger charge is -2.35. The number of aromatic nitrogens is 2. The maximum atomic E-state index is 14.0. The van der Waals surface area contributed by atoms with Gasteiger partial charge in [0.05, 0.1) is 16.8 Å². The quantitative estimate of drug-likeness (QED) is 0.528. The molecular weight excluding hydrogens is 482 g/mol. The Morgan fingerprint density at radius 1 is 1.06 bits per heavy atom. The molecule has 2 aromatic carbocycles. The average Bonchev–Trinajstić information content (AvgIpc) is 3.01. The number of fused-ring (bicyclic) bond motifs is 2. The van der Waals surface area contributed by atoms with Crippen molar-refractivity contribution in [2.45, 2.75) is 13.1 Å². The van der Waals surface area contributed by atoms with Gasteiger partial charge in [0.1, 0.15) is 11.4 Å². The van der Waals surface area contributed by atoms with Crippen molar-refractivity contribution in [1.82, 2.24) is 15.1 Å². The Morgan fingerprint density at radius 2 is 1.78 bits per heavy atom. The summed E-state index contributed by atoms with van der Waals surface area (Å²) in [6.45, 7) is 2.34. The fraction of sp³-hybridized carbons (Fsp3) is 0.250. The molecule has 0 atom stereocenters. The predicted molar refractivity (Wildman–Crippen MR) is 121 cm³/mol. The van der Waals surface area contributed by atoms with E-state index in [4.69, 9.17) is 4.74 Å². The molecule has 0 spiro atoms. The molecule has 8 nitrogen and oxygen atoms in total. The zero-order valence-corrected chi connectivity index (χ0v) is 18.9. The molecule has 0 bridgehead atoms. The number of piperazine rings is 1. The van der Waals surface area contributed by atoms with Crippen LogP contribution in [0.2, 0.25) is 0 Å². The lowest BCUT2D eigenvalue weighted by atomic mass is 10.1. The number of carbonyl (C=O) groups excluding carboxylic acids is 2. The third-order valence-corrected chi connectivity index (χ3v) is 6.15. The lowest BCUT2D eigenvalue weighted by molar-refractivity contribution is -0.138. The van der Waals surface area contributed by atoms with Gasteiger partial charge in [0.2, 0.25) is 0 Å². The van der Waals surface area contributed by atoms with Gasteiger partial charge >= 0.3 is 6.18 Å². The highest BCUT2D eigenvalue weighted by atomic mass is 19.4. The van der Waals surface area contributed by atoms with Crippen molar-refractivity contribution in [2.75, 3.05) is 36.4 Å². The number of nitrogens with one attached hydrogen (secondary N) is 1. The van der Waals surface area contributed by atoms with Gasteiger partial charge in [0, 0.05) is 37.8 Å². The molecule has 36 heavy (non-hydrogen) atoms. The highest BCUT2D eigenvalue weighted by Gasteiger charge is 2.36. The SMILES string of the molecule is Cc1c(F)ccc2c1NC(=O)c1cc(N3CCN(C(=O)c4ccccc4C(F)(F)F)CC3)nnc1O2. The predicted octanol–water partition coefficient (Wildman–Crippen LogP) is 4.26. The molecule has 1 fully saturated rings. The van der Waals surface area contributed by atoms with Crippen LogP contribution in [0.3, 0.4) is 0 Å². The van der Waals surface area contributed by atoms with E-state index in [0.29, 0.717) is 5.82 Å². The topological polar surface area (TPSA) is 87.7 Å². The van der Waals surface area contributed by atoms with Crippen molar-refractivity contribution in [3.05, 3.63) is 70.5 Å². The number of ether oxygens (including phenoxy) is 1. The summed E-state index contributed by atoms with van der Waals surface area (Å²) < 4.78 is 59.6. The van der Waals surface area contributed by atoms with Crippen molar-refractivity contribution < 1.29 is 31.9 Å². The third kappa shape index (κ3) is 4.18. The Bertz CT molecular complexity index is 1370. The molecule has 2 aliphatic heterocycles. The van der Waals surface area contributed by atoms with E-state index >= 15 is 0 Å². The van der Waals surface area contributed by atoms with E-state index in [1.165, 1.54) is 48.2 Å².